The highest BCUT2D eigenvalue weighted by molar-refractivity contribution is 5.85. The van der Waals surface area contributed by atoms with Gasteiger partial charge in [-0.1, -0.05) is 60.2 Å². The summed E-state index contributed by atoms with van der Waals surface area (Å²) in [7, 11) is 0. The third-order valence-corrected chi connectivity index (χ3v) is 5.17. The number of hydrogen-bond acceptors (Lipinski definition) is 0. The molecule has 0 fully saturated rings. The first kappa shape index (κ1) is 14.3. The van der Waals surface area contributed by atoms with E-state index < -0.39 is 0 Å². The predicted molar refractivity (Wildman–Crippen MR) is 98.8 cm³/mol. The molecule has 0 N–H and O–H groups in total. The standard InChI is InChI=1S/C23H22/c1-14(2)17-11-12-18(13-17)23-19-9-5-7-15(3)21(19)22-16(4)8-6-10-20(22)23/h5-13,23H,1-4H3. The lowest BCUT2D eigenvalue weighted by Crippen LogP contribution is -1.98. The third-order valence-electron chi connectivity index (χ3n) is 5.17. The van der Waals surface area contributed by atoms with E-state index >= 15 is 0 Å². The van der Waals surface area contributed by atoms with E-state index in [9.17, 15) is 0 Å². The molecule has 0 unspecified atom stereocenters. The van der Waals surface area contributed by atoms with Crippen LogP contribution in [0.15, 0.2) is 71.3 Å². The first-order valence-electron chi connectivity index (χ1n) is 8.34. The second-order valence-corrected chi connectivity index (χ2v) is 6.94. The zero-order valence-electron chi connectivity index (χ0n) is 14.3. The van der Waals surface area contributed by atoms with Gasteiger partial charge in [-0.25, -0.2) is 0 Å². The average Bonchev–Trinajstić information content (AvgIpc) is 3.10. The van der Waals surface area contributed by atoms with Crippen LogP contribution in [0.25, 0.3) is 11.1 Å². The van der Waals surface area contributed by atoms with E-state index in [1.807, 2.05) is 0 Å². The summed E-state index contributed by atoms with van der Waals surface area (Å²) in [4.78, 5) is 0. The van der Waals surface area contributed by atoms with Crippen molar-refractivity contribution in [1.82, 2.24) is 0 Å². The Balaban J connectivity index is 2.00. The van der Waals surface area contributed by atoms with Crippen molar-refractivity contribution in [3.8, 4) is 11.1 Å². The van der Waals surface area contributed by atoms with Gasteiger partial charge in [0.2, 0.25) is 0 Å². The minimum absolute atomic E-state index is 0.368. The zero-order chi connectivity index (χ0) is 16.1. The molecular weight excluding hydrogens is 276 g/mol. The van der Waals surface area contributed by atoms with Crippen LogP contribution in [0.5, 0.6) is 0 Å². The van der Waals surface area contributed by atoms with Gasteiger partial charge in [0.15, 0.2) is 0 Å². The zero-order valence-corrected chi connectivity index (χ0v) is 14.3. The first-order chi connectivity index (χ1) is 11.1. The van der Waals surface area contributed by atoms with E-state index in [0.717, 1.165) is 0 Å². The molecule has 0 amide bonds. The first-order valence-corrected chi connectivity index (χ1v) is 8.34. The van der Waals surface area contributed by atoms with Gasteiger partial charge in [-0.3, -0.25) is 0 Å². The molecule has 0 aromatic heterocycles. The topological polar surface area (TPSA) is 0 Å². The van der Waals surface area contributed by atoms with Crippen LogP contribution in [-0.2, 0) is 0 Å². The monoisotopic (exact) mass is 298 g/mol. The number of allylic oxidation sites excluding steroid dienone is 6. The predicted octanol–water partition coefficient (Wildman–Crippen LogP) is 6.25. The molecule has 0 saturated heterocycles. The van der Waals surface area contributed by atoms with Gasteiger partial charge in [-0.05, 0) is 72.2 Å². The third kappa shape index (κ3) is 2.05. The molecule has 23 heavy (non-hydrogen) atoms. The molecule has 0 spiro atoms. The Kier molecular flexibility index (Phi) is 3.16. The summed E-state index contributed by atoms with van der Waals surface area (Å²) in [6.45, 7) is 8.84. The van der Waals surface area contributed by atoms with E-state index in [1.54, 1.807) is 0 Å². The highest BCUT2D eigenvalue weighted by atomic mass is 14.4. The molecule has 0 saturated carbocycles. The molecule has 2 aliphatic carbocycles. The van der Waals surface area contributed by atoms with Crippen LogP contribution in [0.3, 0.4) is 0 Å². The van der Waals surface area contributed by atoms with E-state index in [4.69, 9.17) is 0 Å². The summed E-state index contributed by atoms with van der Waals surface area (Å²) >= 11 is 0. The molecule has 0 atom stereocenters. The summed E-state index contributed by atoms with van der Waals surface area (Å²) in [5.41, 5.74) is 12.7. The number of rotatable bonds is 1. The van der Waals surface area contributed by atoms with Gasteiger partial charge in [0, 0.05) is 5.92 Å². The number of aryl methyl sites for hydroxylation is 2. The Morgan fingerprint density at radius 3 is 1.83 bits per heavy atom. The maximum atomic E-state index is 2.36. The average molecular weight is 298 g/mol. The molecule has 4 rings (SSSR count). The van der Waals surface area contributed by atoms with E-state index in [1.165, 1.54) is 50.1 Å². The molecule has 0 heteroatoms. The van der Waals surface area contributed by atoms with Gasteiger partial charge in [-0.15, -0.1) is 0 Å². The van der Waals surface area contributed by atoms with Crippen LogP contribution in [0, 0.1) is 13.8 Å². The van der Waals surface area contributed by atoms with Crippen LogP contribution in [-0.4, -0.2) is 0 Å². The fourth-order valence-corrected chi connectivity index (χ4v) is 4.02. The van der Waals surface area contributed by atoms with Crippen LogP contribution in [0.4, 0.5) is 0 Å². The maximum absolute atomic E-state index is 2.36. The van der Waals surface area contributed by atoms with Crippen molar-refractivity contribution in [2.24, 2.45) is 0 Å². The van der Waals surface area contributed by atoms with Gasteiger partial charge in [0.25, 0.3) is 0 Å². The Morgan fingerprint density at radius 1 is 0.783 bits per heavy atom. The Morgan fingerprint density at radius 2 is 1.35 bits per heavy atom. The lowest BCUT2D eigenvalue weighted by atomic mass is 9.89. The van der Waals surface area contributed by atoms with Crippen molar-refractivity contribution in [2.45, 2.75) is 33.6 Å². The Bertz CT molecular complexity index is 848. The fourth-order valence-electron chi connectivity index (χ4n) is 4.02. The van der Waals surface area contributed by atoms with Gasteiger partial charge in [-0.2, -0.15) is 0 Å². The second kappa shape index (κ2) is 5.09. The molecule has 2 aromatic carbocycles. The van der Waals surface area contributed by atoms with Gasteiger partial charge >= 0.3 is 0 Å². The lowest BCUT2D eigenvalue weighted by Gasteiger charge is -2.14. The SMILES string of the molecule is CC(C)=C1C=CC(C2c3cccc(C)c3-c3c(C)cccc32)=C1. The quantitative estimate of drug-likeness (QED) is 0.584. The van der Waals surface area contributed by atoms with Crippen LogP contribution >= 0.6 is 0 Å². The molecule has 0 radical (unpaired) electrons. The lowest BCUT2D eigenvalue weighted by molar-refractivity contribution is 1.02. The molecule has 114 valence electrons. The minimum atomic E-state index is 0.368. The summed E-state index contributed by atoms with van der Waals surface area (Å²) in [6, 6.07) is 13.5. The normalized spacial score (nSPS) is 15.7. The summed E-state index contributed by atoms with van der Waals surface area (Å²) < 4.78 is 0. The molecule has 0 nitrogen and oxygen atoms in total. The van der Waals surface area contributed by atoms with Gasteiger partial charge in [0.1, 0.15) is 0 Å². The maximum Gasteiger partial charge on any atom is 0.0352 e. The summed E-state index contributed by atoms with van der Waals surface area (Å²) in [6.07, 6.45) is 6.92. The van der Waals surface area contributed by atoms with Crippen molar-refractivity contribution >= 4 is 0 Å². The summed E-state index contributed by atoms with van der Waals surface area (Å²) in [5.74, 6) is 0.368. The number of fused-ring (bicyclic) bond motifs is 3. The second-order valence-electron chi connectivity index (χ2n) is 6.94. The molecule has 2 aromatic rings. The number of benzene rings is 2. The van der Waals surface area contributed by atoms with Crippen molar-refractivity contribution in [3.05, 3.63) is 93.6 Å². The van der Waals surface area contributed by atoms with E-state index in [2.05, 4.69) is 82.3 Å². The van der Waals surface area contributed by atoms with Crippen molar-refractivity contribution in [2.75, 3.05) is 0 Å². The largest absolute Gasteiger partial charge is 0.0692 e. The molecule has 0 bridgehead atoms. The van der Waals surface area contributed by atoms with E-state index in [-0.39, 0.29) is 0 Å². The van der Waals surface area contributed by atoms with Crippen molar-refractivity contribution in [1.29, 1.82) is 0 Å². The Labute approximate surface area is 138 Å². The Hall–Kier alpha value is -2.34. The van der Waals surface area contributed by atoms with Crippen LogP contribution in [0.2, 0.25) is 0 Å². The minimum Gasteiger partial charge on any atom is -0.0692 e. The fraction of sp³-hybridized carbons (Fsp3) is 0.217. The summed E-state index contributed by atoms with van der Waals surface area (Å²) in [5, 5.41) is 0. The van der Waals surface area contributed by atoms with Gasteiger partial charge in [0.05, 0.1) is 0 Å². The van der Waals surface area contributed by atoms with Crippen molar-refractivity contribution in [3.63, 3.8) is 0 Å². The van der Waals surface area contributed by atoms with Crippen LogP contribution in [0.1, 0.15) is 42.0 Å². The number of hydrogen-bond donors (Lipinski definition) is 0. The molecule has 0 aliphatic heterocycles. The highest BCUT2D eigenvalue weighted by Crippen LogP contribution is 2.51. The van der Waals surface area contributed by atoms with Crippen LogP contribution < -0.4 is 0 Å². The smallest absolute Gasteiger partial charge is 0.0352 e. The molecule has 2 aliphatic rings. The molecular formula is C23H22. The van der Waals surface area contributed by atoms with Gasteiger partial charge < -0.3 is 0 Å². The van der Waals surface area contributed by atoms with E-state index in [0.29, 0.717) is 5.92 Å². The highest BCUT2D eigenvalue weighted by Gasteiger charge is 2.32. The molecule has 0 heterocycles. The van der Waals surface area contributed by atoms with Crippen molar-refractivity contribution < 1.29 is 0 Å².